The van der Waals surface area contributed by atoms with Crippen LogP contribution in [-0.2, 0) is 30.5 Å². The summed E-state index contributed by atoms with van der Waals surface area (Å²) in [4.78, 5) is 11.2. The first-order chi connectivity index (χ1) is 7.75. The van der Waals surface area contributed by atoms with Gasteiger partial charge in [0.2, 0.25) is 5.91 Å². The van der Waals surface area contributed by atoms with Crippen LogP contribution < -0.4 is 5.32 Å². The van der Waals surface area contributed by atoms with E-state index in [-0.39, 0.29) is 5.91 Å². The van der Waals surface area contributed by atoms with E-state index in [0.717, 1.165) is 12.1 Å². The minimum absolute atomic E-state index is 0.0482. The Morgan fingerprint density at radius 3 is 2.56 bits per heavy atom. The van der Waals surface area contributed by atoms with Crippen molar-refractivity contribution in [1.29, 1.82) is 0 Å². The monoisotopic (exact) mass is 215 g/mol. The molecule has 1 N–H and O–H groups in total. The topological polar surface area (TPSA) is 29.1 Å². The number of hydrogen-bond acceptors (Lipinski definition) is 1. The lowest BCUT2D eigenvalue weighted by Gasteiger charge is -2.13. The fourth-order valence-electron chi connectivity index (χ4n) is 3.21. The van der Waals surface area contributed by atoms with E-state index in [1.807, 2.05) is 0 Å². The van der Waals surface area contributed by atoms with Gasteiger partial charge >= 0.3 is 0 Å². The SMILES string of the molecule is CC(=O)Nc1cc2c(c3c1CCC3)CCC2. The highest BCUT2D eigenvalue weighted by atomic mass is 16.1. The van der Waals surface area contributed by atoms with Crippen LogP contribution in [0.15, 0.2) is 6.07 Å². The molecule has 0 unspecified atom stereocenters. The fourth-order valence-corrected chi connectivity index (χ4v) is 3.21. The molecule has 84 valence electrons. The molecule has 0 saturated heterocycles. The second-order valence-corrected chi connectivity index (χ2v) is 4.91. The van der Waals surface area contributed by atoms with Gasteiger partial charge in [0.05, 0.1) is 0 Å². The number of carbonyl (C=O) groups excluding carboxylic acids is 1. The Bertz CT molecular complexity index is 462. The summed E-state index contributed by atoms with van der Waals surface area (Å²) in [5, 5.41) is 3.00. The molecular formula is C14H17NO. The van der Waals surface area contributed by atoms with Crippen LogP contribution in [0.4, 0.5) is 5.69 Å². The van der Waals surface area contributed by atoms with E-state index < -0.39 is 0 Å². The first kappa shape index (κ1) is 9.88. The first-order valence-corrected chi connectivity index (χ1v) is 6.20. The van der Waals surface area contributed by atoms with Gasteiger partial charge in [0, 0.05) is 12.6 Å². The second-order valence-electron chi connectivity index (χ2n) is 4.91. The minimum atomic E-state index is 0.0482. The van der Waals surface area contributed by atoms with Crippen molar-refractivity contribution >= 4 is 11.6 Å². The van der Waals surface area contributed by atoms with Crippen molar-refractivity contribution in [1.82, 2.24) is 0 Å². The standard InChI is InChI=1S/C14H17NO/c1-9(16)15-14-8-10-4-2-5-11(10)12-6-3-7-13(12)14/h8H,2-7H2,1H3,(H,15,16). The third-order valence-electron chi connectivity index (χ3n) is 3.80. The number of aryl methyl sites for hydroxylation is 1. The van der Waals surface area contributed by atoms with Crippen LogP contribution in [0.2, 0.25) is 0 Å². The van der Waals surface area contributed by atoms with Crippen molar-refractivity contribution in [3.8, 4) is 0 Å². The Balaban J connectivity index is 2.12. The molecule has 0 bridgehead atoms. The average molecular weight is 215 g/mol. The van der Waals surface area contributed by atoms with E-state index in [1.54, 1.807) is 18.1 Å². The average Bonchev–Trinajstić information content (AvgIpc) is 2.82. The van der Waals surface area contributed by atoms with Gasteiger partial charge in [0.15, 0.2) is 0 Å². The number of amides is 1. The van der Waals surface area contributed by atoms with E-state index in [4.69, 9.17) is 0 Å². The molecule has 0 aliphatic heterocycles. The molecule has 0 fully saturated rings. The summed E-state index contributed by atoms with van der Waals surface area (Å²) < 4.78 is 0. The summed E-state index contributed by atoms with van der Waals surface area (Å²) in [6.07, 6.45) is 7.32. The van der Waals surface area contributed by atoms with Crippen molar-refractivity contribution in [3.63, 3.8) is 0 Å². The lowest BCUT2D eigenvalue weighted by Crippen LogP contribution is -2.09. The molecule has 0 heterocycles. The number of fused-ring (bicyclic) bond motifs is 3. The van der Waals surface area contributed by atoms with Gasteiger partial charge in [-0.1, -0.05) is 0 Å². The molecule has 1 aromatic rings. The molecule has 16 heavy (non-hydrogen) atoms. The van der Waals surface area contributed by atoms with Gasteiger partial charge in [-0.15, -0.1) is 0 Å². The van der Waals surface area contributed by atoms with Gasteiger partial charge in [0.1, 0.15) is 0 Å². The van der Waals surface area contributed by atoms with Gasteiger partial charge in [-0.2, -0.15) is 0 Å². The summed E-state index contributed by atoms with van der Waals surface area (Å²) in [7, 11) is 0. The first-order valence-electron chi connectivity index (χ1n) is 6.20. The maximum absolute atomic E-state index is 11.2. The lowest BCUT2D eigenvalue weighted by atomic mass is 9.98. The predicted molar refractivity (Wildman–Crippen MR) is 64.8 cm³/mol. The molecule has 0 atom stereocenters. The van der Waals surface area contributed by atoms with Crippen LogP contribution in [0.5, 0.6) is 0 Å². The van der Waals surface area contributed by atoms with Gasteiger partial charge in [-0.25, -0.2) is 0 Å². The van der Waals surface area contributed by atoms with Crippen molar-refractivity contribution in [2.24, 2.45) is 0 Å². The molecular weight excluding hydrogens is 198 g/mol. The highest BCUT2D eigenvalue weighted by Gasteiger charge is 2.24. The number of hydrogen-bond donors (Lipinski definition) is 1. The number of nitrogens with one attached hydrogen (secondary N) is 1. The van der Waals surface area contributed by atoms with Crippen LogP contribution in [-0.4, -0.2) is 5.91 Å². The zero-order valence-electron chi connectivity index (χ0n) is 9.73. The van der Waals surface area contributed by atoms with Crippen LogP contribution in [0.1, 0.15) is 42.0 Å². The normalized spacial score (nSPS) is 17.1. The second kappa shape index (κ2) is 3.62. The van der Waals surface area contributed by atoms with E-state index in [1.165, 1.54) is 43.2 Å². The highest BCUT2D eigenvalue weighted by Crippen LogP contribution is 2.38. The van der Waals surface area contributed by atoms with Crippen molar-refractivity contribution in [2.75, 3.05) is 5.32 Å². The Hall–Kier alpha value is -1.31. The zero-order valence-corrected chi connectivity index (χ0v) is 9.73. The Morgan fingerprint density at radius 1 is 1.06 bits per heavy atom. The summed E-state index contributed by atoms with van der Waals surface area (Å²) in [5.74, 6) is 0.0482. The number of anilines is 1. The third kappa shape index (κ3) is 1.44. The summed E-state index contributed by atoms with van der Waals surface area (Å²) in [6, 6.07) is 2.22. The maximum atomic E-state index is 11.2. The highest BCUT2D eigenvalue weighted by molar-refractivity contribution is 5.90. The summed E-state index contributed by atoms with van der Waals surface area (Å²) in [6.45, 7) is 1.59. The number of rotatable bonds is 1. The Morgan fingerprint density at radius 2 is 1.75 bits per heavy atom. The maximum Gasteiger partial charge on any atom is 0.221 e. The summed E-state index contributed by atoms with van der Waals surface area (Å²) in [5.41, 5.74) is 7.13. The van der Waals surface area contributed by atoms with Crippen LogP contribution in [0.3, 0.4) is 0 Å². The predicted octanol–water partition coefficient (Wildman–Crippen LogP) is 2.62. The van der Waals surface area contributed by atoms with Crippen LogP contribution in [0, 0.1) is 0 Å². The molecule has 2 aliphatic rings. The van der Waals surface area contributed by atoms with E-state index >= 15 is 0 Å². The molecule has 2 nitrogen and oxygen atoms in total. The number of benzene rings is 1. The van der Waals surface area contributed by atoms with Gasteiger partial charge < -0.3 is 5.32 Å². The fraction of sp³-hybridized carbons (Fsp3) is 0.500. The Kier molecular flexibility index (Phi) is 2.23. The smallest absolute Gasteiger partial charge is 0.221 e. The van der Waals surface area contributed by atoms with Gasteiger partial charge in [0.25, 0.3) is 0 Å². The van der Waals surface area contributed by atoms with Crippen molar-refractivity contribution < 1.29 is 4.79 Å². The van der Waals surface area contributed by atoms with Gasteiger partial charge in [-0.05, 0) is 66.8 Å². The molecule has 0 spiro atoms. The lowest BCUT2D eigenvalue weighted by molar-refractivity contribution is -0.114. The molecule has 2 heteroatoms. The van der Waals surface area contributed by atoms with Crippen molar-refractivity contribution in [2.45, 2.75) is 45.4 Å². The van der Waals surface area contributed by atoms with E-state index in [2.05, 4.69) is 11.4 Å². The molecule has 3 rings (SSSR count). The molecule has 0 aromatic heterocycles. The molecule has 1 aromatic carbocycles. The zero-order chi connectivity index (χ0) is 11.1. The molecule has 1 amide bonds. The molecule has 0 radical (unpaired) electrons. The Labute approximate surface area is 96.1 Å². The molecule has 0 saturated carbocycles. The molecule has 2 aliphatic carbocycles. The third-order valence-corrected chi connectivity index (χ3v) is 3.80. The van der Waals surface area contributed by atoms with Crippen molar-refractivity contribution in [3.05, 3.63) is 28.3 Å². The van der Waals surface area contributed by atoms with E-state index in [9.17, 15) is 4.79 Å². The largest absolute Gasteiger partial charge is 0.326 e. The number of carbonyl (C=O) groups is 1. The minimum Gasteiger partial charge on any atom is -0.326 e. The quantitative estimate of drug-likeness (QED) is 0.766. The van der Waals surface area contributed by atoms with Gasteiger partial charge in [-0.3, -0.25) is 4.79 Å². The summed E-state index contributed by atoms with van der Waals surface area (Å²) >= 11 is 0. The van der Waals surface area contributed by atoms with Crippen LogP contribution in [0.25, 0.3) is 0 Å². The van der Waals surface area contributed by atoms with Crippen LogP contribution >= 0.6 is 0 Å². The van der Waals surface area contributed by atoms with E-state index in [0.29, 0.717) is 0 Å².